The predicted molar refractivity (Wildman–Crippen MR) is 51.0 cm³/mol. The van der Waals surface area contributed by atoms with Crippen LogP contribution in [0.25, 0.3) is 0 Å². The molecule has 2 unspecified atom stereocenters. The summed E-state index contributed by atoms with van der Waals surface area (Å²) < 4.78 is 0. The standard InChI is InChI=1S/C10H17NO3/c12-9(13)8-2-3-10(14,6-8)7-11-4-1-5-11/h8,14H,1-7H2,(H,12,13). The molecule has 2 aliphatic rings. The average molecular weight is 199 g/mol. The Morgan fingerprint density at radius 3 is 2.64 bits per heavy atom. The molecule has 1 aliphatic carbocycles. The number of likely N-dealkylation sites (tertiary alicyclic amines) is 1. The van der Waals surface area contributed by atoms with Gasteiger partial charge in [-0.15, -0.1) is 0 Å². The molecule has 1 saturated carbocycles. The maximum Gasteiger partial charge on any atom is 0.306 e. The topological polar surface area (TPSA) is 60.8 Å². The van der Waals surface area contributed by atoms with Gasteiger partial charge in [-0.3, -0.25) is 4.79 Å². The van der Waals surface area contributed by atoms with Crippen LogP contribution in [-0.4, -0.2) is 46.3 Å². The molecule has 4 heteroatoms. The largest absolute Gasteiger partial charge is 0.481 e. The van der Waals surface area contributed by atoms with Crippen molar-refractivity contribution in [2.24, 2.45) is 5.92 Å². The SMILES string of the molecule is O=C(O)C1CCC(O)(CN2CCC2)C1. The van der Waals surface area contributed by atoms with Crippen LogP contribution in [0.2, 0.25) is 0 Å². The van der Waals surface area contributed by atoms with Crippen LogP contribution in [0.15, 0.2) is 0 Å². The van der Waals surface area contributed by atoms with E-state index in [-0.39, 0.29) is 5.92 Å². The van der Waals surface area contributed by atoms with Gasteiger partial charge in [-0.2, -0.15) is 0 Å². The van der Waals surface area contributed by atoms with Gasteiger partial charge in [0.05, 0.1) is 11.5 Å². The van der Waals surface area contributed by atoms with Crippen molar-refractivity contribution in [3.8, 4) is 0 Å². The number of aliphatic carboxylic acids is 1. The van der Waals surface area contributed by atoms with Crippen molar-refractivity contribution in [3.63, 3.8) is 0 Å². The molecule has 0 bridgehead atoms. The molecule has 2 rings (SSSR count). The van der Waals surface area contributed by atoms with E-state index in [9.17, 15) is 9.90 Å². The monoisotopic (exact) mass is 199 g/mol. The van der Waals surface area contributed by atoms with Gasteiger partial charge < -0.3 is 15.1 Å². The van der Waals surface area contributed by atoms with Crippen molar-refractivity contribution in [2.75, 3.05) is 19.6 Å². The molecule has 0 aromatic heterocycles. The van der Waals surface area contributed by atoms with E-state index in [0.29, 0.717) is 25.8 Å². The van der Waals surface area contributed by atoms with Crippen molar-refractivity contribution >= 4 is 5.97 Å². The van der Waals surface area contributed by atoms with Crippen LogP contribution in [0.1, 0.15) is 25.7 Å². The molecule has 1 heterocycles. The molecule has 4 nitrogen and oxygen atoms in total. The number of carboxylic acids is 1. The first-order valence-electron chi connectivity index (χ1n) is 5.27. The lowest BCUT2D eigenvalue weighted by Crippen LogP contribution is -2.47. The Kier molecular flexibility index (Phi) is 2.49. The van der Waals surface area contributed by atoms with Crippen molar-refractivity contribution in [1.82, 2.24) is 4.90 Å². The highest BCUT2D eigenvalue weighted by molar-refractivity contribution is 5.70. The maximum absolute atomic E-state index is 10.7. The molecular weight excluding hydrogens is 182 g/mol. The molecule has 0 radical (unpaired) electrons. The smallest absolute Gasteiger partial charge is 0.306 e. The summed E-state index contributed by atoms with van der Waals surface area (Å²) in [6.07, 6.45) is 2.90. The second-order valence-corrected chi connectivity index (χ2v) is 4.63. The minimum absolute atomic E-state index is 0.332. The van der Waals surface area contributed by atoms with Crippen LogP contribution in [0.4, 0.5) is 0 Å². The van der Waals surface area contributed by atoms with Crippen LogP contribution in [0, 0.1) is 5.92 Å². The summed E-state index contributed by atoms with van der Waals surface area (Å²) in [5.74, 6) is -1.09. The van der Waals surface area contributed by atoms with Crippen molar-refractivity contribution in [3.05, 3.63) is 0 Å². The molecule has 14 heavy (non-hydrogen) atoms. The summed E-state index contributed by atoms with van der Waals surface area (Å²) in [7, 11) is 0. The van der Waals surface area contributed by atoms with Gasteiger partial charge in [0.15, 0.2) is 0 Å². The van der Waals surface area contributed by atoms with E-state index in [1.165, 1.54) is 6.42 Å². The van der Waals surface area contributed by atoms with Crippen LogP contribution < -0.4 is 0 Å². The first-order chi connectivity index (χ1) is 6.59. The number of carboxylic acid groups (broad SMARTS) is 1. The van der Waals surface area contributed by atoms with E-state index in [2.05, 4.69) is 4.90 Å². The molecule has 0 spiro atoms. The van der Waals surface area contributed by atoms with Crippen molar-refractivity contribution < 1.29 is 15.0 Å². The number of rotatable bonds is 3. The van der Waals surface area contributed by atoms with Crippen molar-refractivity contribution in [2.45, 2.75) is 31.3 Å². The second-order valence-electron chi connectivity index (χ2n) is 4.63. The number of aliphatic hydroxyl groups is 1. The van der Waals surface area contributed by atoms with Gasteiger partial charge >= 0.3 is 5.97 Å². The second kappa shape index (κ2) is 3.51. The highest BCUT2D eigenvalue weighted by Gasteiger charge is 2.42. The lowest BCUT2D eigenvalue weighted by Gasteiger charge is -2.37. The highest BCUT2D eigenvalue weighted by atomic mass is 16.4. The maximum atomic E-state index is 10.7. The van der Waals surface area contributed by atoms with Crippen LogP contribution in [0.5, 0.6) is 0 Å². The molecule has 80 valence electrons. The normalized spacial score (nSPS) is 38.2. The molecular formula is C10H17NO3. The number of β-amino-alcohol motifs (C(OH)–C–C–N with tert-alkyl or cyclic N) is 1. The molecule has 2 fully saturated rings. The zero-order chi connectivity index (χ0) is 10.2. The van der Waals surface area contributed by atoms with E-state index in [1.807, 2.05) is 0 Å². The van der Waals surface area contributed by atoms with Gasteiger partial charge in [-0.05, 0) is 38.8 Å². The summed E-state index contributed by atoms with van der Waals surface area (Å²) in [5, 5.41) is 19.0. The Labute approximate surface area is 83.5 Å². The summed E-state index contributed by atoms with van der Waals surface area (Å²) in [5.41, 5.74) is -0.733. The Morgan fingerprint density at radius 2 is 2.21 bits per heavy atom. The molecule has 1 aliphatic heterocycles. The zero-order valence-corrected chi connectivity index (χ0v) is 8.28. The van der Waals surface area contributed by atoms with Gasteiger partial charge in [0.1, 0.15) is 0 Å². The summed E-state index contributed by atoms with van der Waals surface area (Å²) in [6, 6.07) is 0. The Bertz CT molecular complexity index is 240. The van der Waals surface area contributed by atoms with E-state index >= 15 is 0 Å². The molecule has 0 aromatic rings. The van der Waals surface area contributed by atoms with Crippen molar-refractivity contribution in [1.29, 1.82) is 0 Å². The minimum atomic E-state index is -0.760. The zero-order valence-electron chi connectivity index (χ0n) is 8.28. The minimum Gasteiger partial charge on any atom is -0.481 e. The summed E-state index contributed by atoms with van der Waals surface area (Å²) in [6.45, 7) is 2.77. The predicted octanol–water partition coefficient (Wildman–Crippen LogP) is 0.308. The fourth-order valence-corrected chi connectivity index (χ4v) is 2.42. The average Bonchev–Trinajstić information content (AvgIpc) is 2.42. The first kappa shape index (κ1) is 9.93. The van der Waals surface area contributed by atoms with Gasteiger partial charge in [-0.1, -0.05) is 0 Å². The van der Waals surface area contributed by atoms with Gasteiger partial charge in [-0.25, -0.2) is 0 Å². The van der Waals surface area contributed by atoms with Gasteiger partial charge in [0.2, 0.25) is 0 Å². The quantitative estimate of drug-likeness (QED) is 0.686. The molecule has 1 saturated heterocycles. The Hall–Kier alpha value is -0.610. The van der Waals surface area contributed by atoms with E-state index < -0.39 is 11.6 Å². The highest BCUT2D eigenvalue weighted by Crippen LogP contribution is 2.35. The van der Waals surface area contributed by atoms with Crippen LogP contribution >= 0.6 is 0 Å². The molecule has 0 aromatic carbocycles. The number of hydrogen-bond acceptors (Lipinski definition) is 3. The van der Waals surface area contributed by atoms with E-state index in [0.717, 1.165) is 13.1 Å². The molecule has 0 amide bonds. The lowest BCUT2D eigenvalue weighted by molar-refractivity contribution is -0.142. The third-order valence-corrected chi connectivity index (χ3v) is 3.40. The van der Waals surface area contributed by atoms with E-state index in [4.69, 9.17) is 5.11 Å². The first-order valence-corrected chi connectivity index (χ1v) is 5.27. The fraction of sp³-hybridized carbons (Fsp3) is 0.900. The van der Waals surface area contributed by atoms with E-state index in [1.54, 1.807) is 0 Å². The van der Waals surface area contributed by atoms with Gasteiger partial charge in [0, 0.05) is 6.54 Å². The Morgan fingerprint density at radius 1 is 1.50 bits per heavy atom. The fourth-order valence-electron chi connectivity index (χ4n) is 2.42. The van der Waals surface area contributed by atoms with Gasteiger partial charge in [0.25, 0.3) is 0 Å². The lowest BCUT2D eigenvalue weighted by atomic mass is 9.98. The third kappa shape index (κ3) is 1.91. The number of nitrogens with zero attached hydrogens (tertiary/aromatic N) is 1. The van der Waals surface area contributed by atoms with Crippen LogP contribution in [-0.2, 0) is 4.79 Å². The van der Waals surface area contributed by atoms with Crippen LogP contribution in [0.3, 0.4) is 0 Å². The Balaban J connectivity index is 1.87. The number of hydrogen-bond donors (Lipinski definition) is 2. The number of carbonyl (C=O) groups is 1. The summed E-state index contributed by atoms with van der Waals surface area (Å²) in [4.78, 5) is 12.9. The summed E-state index contributed by atoms with van der Waals surface area (Å²) >= 11 is 0. The third-order valence-electron chi connectivity index (χ3n) is 3.40. The molecule has 2 atom stereocenters. The molecule has 2 N–H and O–H groups in total.